The van der Waals surface area contributed by atoms with Gasteiger partial charge in [0.2, 0.25) is 5.91 Å². The van der Waals surface area contributed by atoms with Gasteiger partial charge in [-0.3, -0.25) is 10.1 Å². The van der Waals surface area contributed by atoms with E-state index in [1.165, 1.54) is 0 Å². The highest BCUT2D eigenvalue weighted by Gasteiger charge is 2.59. The van der Waals surface area contributed by atoms with E-state index in [4.69, 9.17) is 9.47 Å². The zero-order valence-electron chi connectivity index (χ0n) is 12.8. The number of benzene rings is 1. The van der Waals surface area contributed by atoms with Gasteiger partial charge in [0.25, 0.3) is 0 Å². The summed E-state index contributed by atoms with van der Waals surface area (Å²) in [6.45, 7) is 3.18. The van der Waals surface area contributed by atoms with E-state index in [9.17, 15) is 4.79 Å². The molecule has 3 rings (SSSR count). The Kier molecular flexibility index (Phi) is 3.63. The second-order valence-corrected chi connectivity index (χ2v) is 5.85. The van der Waals surface area contributed by atoms with Crippen molar-refractivity contribution in [2.45, 2.75) is 31.5 Å². The topological polar surface area (TPSA) is 50.8 Å². The van der Waals surface area contributed by atoms with Gasteiger partial charge in [-0.15, -0.1) is 0 Å². The molecule has 1 aliphatic heterocycles. The van der Waals surface area contributed by atoms with Crippen molar-refractivity contribution in [1.29, 1.82) is 0 Å². The fourth-order valence-electron chi connectivity index (χ4n) is 3.03. The average molecular weight is 290 g/mol. The quantitative estimate of drug-likeness (QED) is 0.895. The van der Waals surface area contributed by atoms with Gasteiger partial charge < -0.3 is 14.4 Å². The second-order valence-electron chi connectivity index (χ2n) is 5.85. The number of rotatable bonds is 5. The number of aryl methyl sites for hydroxylation is 1. The van der Waals surface area contributed by atoms with E-state index in [0.717, 1.165) is 29.7 Å². The number of methoxy groups -OCH3 is 2. The Hall–Kier alpha value is -1.59. The van der Waals surface area contributed by atoms with Crippen molar-refractivity contribution in [2.24, 2.45) is 0 Å². The first kappa shape index (κ1) is 14.4. The summed E-state index contributed by atoms with van der Waals surface area (Å²) in [5.41, 5.74) is 1.86. The van der Waals surface area contributed by atoms with E-state index in [-0.39, 0.29) is 17.6 Å². The van der Waals surface area contributed by atoms with Crippen LogP contribution in [0.2, 0.25) is 0 Å². The number of ether oxygens (including phenoxy) is 2. The van der Waals surface area contributed by atoms with Gasteiger partial charge in [0, 0.05) is 13.7 Å². The fourth-order valence-corrected chi connectivity index (χ4v) is 3.03. The fraction of sp³-hybridized carbons (Fsp3) is 0.562. The van der Waals surface area contributed by atoms with E-state index in [0.29, 0.717) is 13.2 Å². The zero-order valence-corrected chi connectivity index (χ0v) is 12.8. The molecule has 5 nitrogen and oxygen atoms in total. The number of amides is 1. The lowest BCUT2D eigenvalue weighted by Crippen LogP contribution is -2.34. The van der Waals surface area contributed by atoms with Crippen LogP contribution in [0.15, 0.2) is 18.2 Å². The van der Waals surface area contributed by atoms with E-state index >= 15 is 0 Å². The van der Waals surface area contributed by atoms with Gasteiger partial charge in [-0.1, -0.05) is 6.07 Å². The first-order valence-corrected chi connectivity index (χ1v) is 7.33. The minimum absolute atomic E-state index is 0.0697. The van der Waals surface area contributed by atoms with Gasteiger partial charge >= 0.3 is 0 Å². The SMILES string of the molecule is COCCN1C(=O)C2(CC2)NC1c1ccc(OC)c(C)c1. The Morgan fingerprint density at radius 2 is 2.14 bits per heavy atom. The predicted molar refractivity (Wildman–Crippen MR) is 79.2 cm³/mol. The Labute approximate surface area is 125 Å². The lowest BCUT2D eigenvalue weighted by atomic mass is 10.1. The molecule has 2 aliphatic rings. The third kappa shape index (κ3) is 2.40. The van der Waals surface area contributed by atoms with Crippen molar-refractivity contribution < 1.29 is 14.3 Å². The smallest absolute Gasteiger partial charge is 0.244 e. The number of carbonyl (C=O) groups excluding carboxylic acids is 1. The molecule has 21 heavy (non-hydrogen) atoms. The predicted octanol–water partition coefficient (Wildman–Crippen LogP) is 1.61. The molecule has 1 spiro atoms. The minimum Gasteiger partial charge on any atom is -0.496 e. The van der Waals surface area contributed by atoms with Gasteiger partial charge in [0.1, 0.15) is 17.5 Å². The van der Waals surface area contributed by atoms with Gasteiger partial charge in [0.05, 0.1) is 13.7 Å². The molecule has 1 aliphatic carbocycles. The van der Waals surface area contributed by atoms with Crippen molar-refractivity contribution in [3.8, 4) is 5.75 Å². The molecule has 0 bridgehead atoms. The maximum absolute atomic E-state index is 12.6. The highest BCUT2D eigenvalue weighted by atomic mass is 16.5. The van der Waals surface area contributed by atoms with Crippen LogP contribution >= 0.6 is 0 Å². The largest absolute Gasteiger partial charge is 0.496 e. The standard InChI is InChI=1S/C16H22N2O3/c1-11-10-12(4-5-13(11)21-3)14-17-16(6-7-16)15(19)18(14)8-9-20-2/h4-5,10,14,17H,6-9H2,1-3H3. The third-order valence-electron chi connectivity index (χ3n) is 4.42. The maximum Gasteiger partial charge on any atom is 0.244 e. The molecular weight excluding hydrogens is 268 g/mol. The molecule has 1 unspecified atom stereocenters. The highest BCUT2D eigenvalue weighted by Crippen LogP contribution is 2.46. The monoisotopic (exact) mass is 290 g/mol. The lowest BCUT2D eigenvalue weighted by Gasteiger charge is -2.24. The van der Waals surface area contributed by atoms with E-state index in [1.54, 1.807) is 14.2 Å². The van der Waals surface area contributed by atoms with E-state index in [2.05, 4.69) is 11.4 Å². The van der Waals surface area contributed by atoms with Gasteiger partial charge in [-0.25, -0.2) is 0 Å². The van der Waals surface area contributed by atoms with Crippen LogP contribution < -0.4 is 10.1 Å². The molecule has 1 atom stereocenters. The molecule has 1 heterocycles. The first-order valence-electron chi connectivity index (χ1n) is 7.33. The van der Waals surface area contributed by atoms with Gasteiger partial charge in [-0.05, 0) is 43.0 Å². The van der Waals surface area contributed by atoms with Crippen LogP contribution in [0, 0.1) is 6.92 Å². The molecular formula is C16H22N2O3. The molecule has 1 aromatic rings. The summed E-state index contributed by atoms with van der Waals surface area (Å²) in [5.74, 6) is 1.07. The van der Waals surface area contributed by atoms with Crippen LogP contribution in [0.1, 0.15) is 30.1 Å². The molecule has 0 radical (unpaired) electrons. The Morgan fingerprint density at radius 1 is 1.38 bits per heavy atom. The van der Waals surface area contributed by atoms with E-state index in [1.807, 2.05) is 24.0 Å². The Balaban J connectivity index is 1.88. The summed E-state index contributed by atoms with van der Waals surface area (Å²) in [5, 5.41) is 3.51. The molecule has 1 aromatic carbocycles. The average Bonchev–Trinajstić information content (AvgIpc) is 3.21. The van der Waals surface area contributed by atoms with Crippen LogP contribution in [0.4, 0.5) is 0 Å². The zero-order chi connectivity index (χ0) is 15.0. The van der Waals surface area contributed by atoms with Crippen molar-refractivity contribution in [1.82, 2.24) is 10.2 Å². The molecule has 1 N–H and O–H groups in total. The van der Waals surface area contributed by atoms with E-state index < -0.39 is 0 Å². The number of nitrogens with one attached hydrogen (secondary N) is 1. The van der Waals surface area contributed by atoms with Crippen LogP contribution in [-0.2, 0) is 9.53 Å². The first-order chi connectivity index (χ1) is 10.1. The maximum atomic E-state index is 12.6. The van der Waals surface area contributed by atoms with Crippen molar-refractivity contribution in [2.75, 3.05) is 27.4 Å². The lowest BCUT2D eigenvalue weighted by molar-refractivity contribution is -0.131. The summed E-state index contributed by atoms with van der Waals surface area (Å²) in [7, 11) is 3.33. The van der Waals surface area contributed by atoms with Crippen LogP contribution in [0.3, 0.4) is 0 Å². The number of hydrogen-bond acceptors (Lipinski definition) is 4. The summed E-state index contributed by atoms with van der Waals surface area (Å²) < 4.78 is 10.5. The molecule has 0 aromatic heterocycles. The summed E-state index contributed by atoms with van der Waals surface area (Å²) in [4.78, 5) is 14.5. The molecule has 1 saturated carbocycles. The molecule has 2 fully saturated rings. The van der Waals surface area contributed by atoms with Crippen LogP contribution in [-0.4, -0.2) is 43.7 Å². The van der Waals surface area contributed by atoms with Crippen molar-refractivity contribution >= 4 is 5.91 Å². The molecule has 114 valence electrons. The minimum atomic E-state index is -0.313. The number of hydrogen-bond donors (Lipinski definition) is 1. The van der Waals surface area contributed by atoms with Crippen molar-refractivity contribution in [3.05, 3.63) is 29.3 Å². The Morgan fingerprint density at radius 3 is 2.71 bits per heavy atom. The third-order valence-corrected chi connectivity index (χ3v) is 4.42. The Bertz CT molecular complexity index is 554. The highest BCUT2D eigenvalue weighted by molar-refractivity contribution is 5.92. The summed E-state index contributed by atoms with van der Waals surface area (Å²) in [6.07, 6.45) is 1.79. The molecule has 5 heteroatoms. The second kappa shape index (κ2) is 5.31. The normalized spacial score (nSPS) is 22.9. The van der Waals surface area contributed by atoms with Gasteiger partial charge in [-0.2, -0.15) is 0 Å². The summed E-state index contributed by atoms with van der Waals surface area (Å²) >= 11 is 0. The van der Waals surface area contributed by atoms with Crippen molar-refractivity contribution in [3.63, 3.8) is 0 Å². The van der Waals surface area contributed by atoms with Crippen LogP contribution in [0.5, 0.6) is 5.75 Å². The molecule has 1 amide bonds. The van der Waals surface area contributed by atoms with Crippen LogP contribution in [0.25, 0.3) is 0 Å². The number of nitrogens with zero attached hydrogens (tertiary/aromatic N) is 1. The summed E-state index contributed by atoms with van der Waals surface area (Å²) in [6, 6.07) is 6.08. The molecule has 1 saturated heterocycles. The van der Waals surface area contributed by atoms with Gasteiger partial charge in [0.15, 0.2) is 0 Å². The number of carbonyl (C=O) groups is 1.